The third-order valence-electron chi connectivity index (χ3n) is 3.86. The fourth-order valence-corrected chi connectivity index (χ4v) is 2.85. The van der Waals surface area contributed by atoms with Crippen molar-refractivity contribution in [1.29, 1.82) is 0 Å². The SMILES string of the molecule is CC1(Oc2cccc3c2CCNC3)CCCOC1. The molecule has 0 radical (unpaired) electrons. The Morgan fingerprint density at radius 2 is 2.33 bits per heavy atom. The minimum Gasteiger partial charge on any atom is -0.485 e. The molecular formula is C15H21NO2. The number of hydrogen-bond donors (Lipinski definition) is 1. The second-order valence-electron chi connectivity index (χ2n) is 5.53. The lowest BCUT2D eigenvalue weighted by Gasteiger charge is -2.35. The maximum atomic E-state index is 6.29. The summed E-state index contributed by atoms with van der Waals surface area (Å²) in [7, 11) is 0. The lowest BCUT2D eigenvalue weighted by atomic mass is 9.97. The summed E-state index contributed by atoms with van der Waals surface area (Å²) in [6.45, 7) is 5.73. The van der Waals surface area contributed by atoms with E-state index < -0.39 is 0 Å². The number of hydrogen-bond acceptors (Lipinski definition) is 3. The van der Waals surface area contributed by atoms with Crippen LogP contribution in [-0.4, -0.2) is 25.4 Å². The van der Waals surface area contributed by atoms with E-state index in [4.69, 9.17) is 9.47 Å². The fourth-order valence-electron chi connectivity index (χ4n) is 2.85. The van der Waals surface area contributed by atoms with Crippen LogP contribution in [0.1, 0.15) is 30.9 Å². The average molecular weight is 247 g/mol. The van der Waals surface area contributed by atoms with E-state index in [1.165, 1.54) is 11.1 Å². The summed E-state index contributed by atoms with van der Waals surface area (Å²) in [5.74, 6) is 1.06. The van der Waals surface area contributed by atoms with E-state index in [0.717, 1.165) is 44.7 Å². The topological polar surface area (TPSA) is 30.5 Å². The van der Waals surface area contributed by atoms with Crippen molar-refractivity contribution in [1.82, 2.24) is 5.32 Å². The van der Waals surface area contributed by atoms with Crippen LogP contribution >= 0.6 is 0 Å². The van der Waals surface area contributed by atoms with Crippen LogP contribution in [0.2, 0.25) is 0 Å². The van der Waals surface area contributed by atoms with Crippen LogP contribution in [-0.2, 0) is 17.7 Å². The molecule has 2 heterocycles. The lowest BCUT2D eigenvalue weighted by Crippen LogP contribution is -2.41. The molecule has 2 aliphatic heterocycles. The zero-order valence-electron chi connectivity index (χ0n) is 11.0. The average Bonchev–Trinajstić information content (AvgIpc) is 2.40. The van der Waals surface area contributed by atoms with Gasteiger partial charge in [-0.3, -0.25) is 0 Å². The zero-order chi connectivity index (χ0) is 12.4. The Balaban J connectivity index is 1.83. The number of ether oxygens (including phenoxy) is 2. The highest BCUT2D eigenvalue weighted by atomic mass is 16.5. The molecule has 3 rings (SSSR count). The largest absolute Gasteiger partial charge is 0.485 e. The van der Waals surface area contributed by atoms with Gasteiger partial charge in [-0.05, 0) is 49.9 Å². The maximum Gasteiger partial charge on any atom is 0.129 e. The predicted molar refractivity (Wildman–Crippen MR) is 70.9 cm³/mol. The van der Waals surface area contributed by atoms with Crippen LogP contribution in [0.25, 0.3) is 0 Å². The first-order valence-corrected chi connectivity index (χ1v) is 6.85. The summed E-state index contributed by atoms with van der Waals surface area (Å²) < 4.78 is 11.9. The summed E-state index contributed by atoms with van der Waals surface area (Å²) in [6.07, 6.45) is 3.23. The Kier molecular flexibility index (Phi) is 3.27. The van der Waals surface area contributed by atoms with Gasteiger partial charge in [0.2, 0.25) is 0 Å². The van der Waals surface area contributed by atoms with Crippen molar-refractivity contribution in [3.63, 3.8) is 0 Å². The van der Waals surface area contributed by atoms with Crippen molar-refractivity contribution in [3.8, 4) is 5.75 Å². The molecule has 0 amide bonds. The molecule has 0 aliphatic carbocycles. The molecule has 18 heavy (non-hydrogen) atoms. The maximum absolute atomic E-state index is 6.29. The van der Waals surface area contributed by atoms with Crippen molar-refractivity contribution < 1.29 is 9.47 Å². The molecule has 1 unspecified atom stereocenters. The molecule has 0 saturated carbocycles. The molecule has 0 spiro atoms. The first-order chi connectivity index (χ1) is 8.77. The number of nitrogens with one attached hydrogen (secondary N) is 1. The van der Waals surface area contributed by atoms with Gasteiger partial charge in [0, 0.05) is 13.2 Å². The second kappa shape index (κ2) is 4.90. The minimum absolute atomic E-state index is 0.155. The number of rotatable bonds is 2. The third-order valence-corrected chi connectivity index (χ3v) is 3.86. The van der Waals surface area contributed by atoms with Crippen molar-refractivity contribution in [2.24, 2.45) is 0 Å². The van der Waals surface area contributed by atoms with Crippen molar-refractivity contribution in [2.75, 3.05) is 19.8 Å². The predicted octanol–water partition coefficient (Wildman–Crippen LogP) is 2.28. The van der Waals surface area contributed by atoms with Gasteiger partial charge in [0.15, 0.2) is 0 Å². The van der Waals surface area contributed by atoms with E-state index in [1.54, 1.807) is 0 Å². The highest BCUT2D eigenvalue weighted by Crippen LogP contribution is 2.31. The Hall–Kier alpha value is -1.06. The first kappa shape index (κ1) is 12.0. The van der Waals surface area contributed by atoms with Crippen LogP contribution in [0.5, 0.6) is 5.75 Å². The van der Waals surface area contributed by atoms with Crippen LogP contribution in [0.4, 0.5) is 0 Å². The standard InChI is InChI=1S/C15H21NO2/c1-15(7-3-9-17-11-15)18-14-5-2-4-12-10-16-8-6-13(12)14/h2,4-5,16H,3,6-11H2,1H3. The Labute approximate surface area is 108 Å². The lowest BCUT2D eigenvalue weighted by molar-refractivity contribution is -0.0568. The van der Waals surface area contributed by atoms with Crippen LogP contribution in [0.15, 0.2) is 18.2 Å². The van der Waals surface area contributed by atoms with E-state index >= 15 is 0 Å². The molecular weight excluding hydrogens is 226 g/mol. The van der Waals surface area contributed by atoms with Gasteiger partial charge >= 0.3 is 0 Å². The molecule has 1 saturated heterocycles. The van der Waals surface area contributed by atoms with Gasteiger partial charge in [0.05, 0.1) is 6.61 Å². The third kappa shape index (κ3) is 2.38. The molecule has 1 aromatic rings. The van der Waals surface area contributed by atoms with Gasteiger partial charge in [-0.15, -0.1) is 0 Å². The number of fused-ring (bicyclic) bond motifs is 1. The van der Waals surface area contributed by atoms with Crippen molar-refractivity contribution in [3.05, 3.63) is 29.3 Å². The molecule has 2 aliphatic rings. The highest BCUT2D eigenvalue weighted by Gasteiger charge is 2.30. The summed E-state index contributed by atoms with van der Waals surface area (Å²) in [5.41, 5.74) is 2.60. The van der Waals surface area contributed by atoms with Crippen LogP contribution in [0, 0.1) is 0 Å². The molecule has 1 aromatic carbocycles. The van der Waals surface area contributed by atoms with Gasteiger partial charge in [0.1, 0.15) is 11.4 Å². The van der Waals surface area contributed by atoms with E-state index in [1.807, 2.05) is 0 Å². The molecule has 1 N–H and O–H groups in total. The molecule has 3 heteroatoms. The first-order valence-electron chi connectivity index (χ1n) is 6.85. The van der Waals surface area contributed by atoms with Crippen molar-refractivity contribution >= 4 is 0 Å². The highest BCUT2D eigenvalue weighted by molar-refractivity contribution is 5.42. The monoisotopic (exact) mass is 247 g/mol. The summed E-state index contributed by atoms with van der Waals surface area (Å²) in [6, 6.07) is 6.38. The minimum atomic E-state index is -0.155. The van der Waals surface area contributed by atoms with Gasteiger partial charge < -0.3 is 14.8 Å². The van der Waals surface area contributed by atoms with E-state index in [2.05, 4.69) is 30.4 Å². The van der Waals surface area contributed by atoms with Gasteiger partial charge in [0.25, 0.3) is 0 Å². The Morgan fingerprint density at radius 1 is 1.39 bits per heavy atom. The van der Waals surface area contributed by atoms with E-state index in [9.17, 15) is 0 Å². The van der Waals surface area contributed by atoms with E-state index in [0.29, 0.717) is 6.61 Å². The summed E-state index contributed by atoms with van der Waals surface area (Å²) in [4.78, 5) is 0. The summed E-state index contributed by atoms with van der Waals surface area (Å²) in [5, 5.41) is 3.40. The quantitative estimate of drug-likeness (QED) is 0.869. The molecule has 0 bridgehead atoms. The zero-order valence-corrected chi connectivity index (χ0v) is 11.0. The van der Waals surface area contributed by atoms with Gasteiger partial charge in [-0.25, -0.2) is 0 Å². The normalized spacial score (nSPS) is 27.6. The second-order valence-corrected chi connectivity index (χ2v) is 5.53. The summed E-state index contributed by atoms with van der Waals surface area (Å²) >= 11 is 0. The van der Waals surface area contributed by atoms with Gasteiger partial charge in [-0.1, -0.05) is 12.1 Å². The smallest absolute Gasteiger partial charge is 0.129 e. The Morgan fingerprint density at radius 3 is 3.17 bits per heavy atom. The molecule has 98 valence electrons. The fraction of sp³-hybridized carbons (Fsp3) is 0.600. The molecule has 0 aromatic heterocycles. The molecule has 3 nitrogen and oxygen atoms in total. The van der Waals surface area contributed by atoms with Crippen molar-refractivity contribution in [2.45, 2.75) is 38.3 Å². The van der Waals surface area contributed by atoms with Crippen LogP contribution < -0.4 is 10.1 Å². The molecule has 1 fully saturated rings. The van der Waals surface area contributed by atoms with Crippen LogP contribution in [0.3, 0.4) is 0 Å². The van der Waals surface area contributed by atoms with Gasteiger partial charge in [-0.2, -0.15) is 0 Å². The number of benzene rings is 1. The molecule has 1 atom stereocenters. The van der Waals surface area contributed by atoms with E-state index in [-0.39, 0.29) is 5.60 Å². The Bertz CT molecular complexity index is 425.